The summed E-state index contributed by atoms with van der Waals surface area (Å²) in [6.07, 6.45) is 7.74. The van der Waals surface area contributed by atoms with Crippen molar-refractivity contribution in [2.24, 2.45) is 0 Å². The number of nitrogens with one attached hydrogen (secondary N) is 1. The molecule has 0 saturated carbocycles. The van der Waals surface area contributed by atoms with Crippen molar-refractivity contribution in [3.05, 3.63) is 48.1 Å². The Morgan fingerprint density at radius 1 is 1.19 bits per heavy atom. The molecule has 1 aromatic carbocycles. The molecular formula is C20H24N2O3S. The number of hydrogen-bond donors (Lipinski definition) is 1. The molecule has 1 heterocycles. The van der Waals surface area contributed by atoms with Gasteiger partial charge in [-0.15, -0.1) is 6.58 Å². The monoisotopic (exact) mass is 372 g/mol. The second-order valence-electron chi connectivity index (χ2n) is 6.00. The number of rotatable bonds is 9. The first-order chi connectivity index (χ1) is 12.6. The van der Waals surface area contributed by atoms with Crippen molar-refractivity contribution in [3.8, 4) is 5.75 Å². The molecule has 0 unspecified atom stereocenters. The standard InChI is InChI=1S/C20H24N2O3S/c1-3-5-6-7-13-25-16-10-8-15(9-11-16)14-17-18(23)21-20(26)22(12-4-2)19(17)24/h4,8-11,14H,2-3,5-7,12-13H2,1H3,(H,21,23,26)/b17-14+. The van der Waals surface area contributed by atoms with Crippen LogP contribution in [0.5, 0.6) is 5.75 Å². The number of thiocarbonyl (C=S) groups is 1. The van der Waals surface area contributed by atoms with Gasteiger partial charge < -0.3 is 4.74 Å². The van der Waals surface area contributed by atoms with Crippen LogP contribution in [0.1, 0.15) is 38.2 Å². The zero-order valence-corrected chi connectivity index (χ0v) is 15.8. The fraction of sp³-hybridized carbons (Fsp3) is 0.350. The summed E-state index contributed by atoms with van der Waals surface area (Å²) >= 11 is 5.03. The first kappa shape index (κ1) is 19.8. The van der Waals surface area contributed by atoms with Crippen LogP contribution in [-0.4, -0.2) is 35.0 Å². The van der Waals surface area contributed by atoms with Crippen LogP contribution in [0.2, 0.25) is 0 Å². The van der Waals surface area contributed by atoms with E-state index in [2.05, 4.69) is 18.8 Å². The van der Waals surface area contributed by atoms with E-state index in [0.717, 1.165) is 17.7 Å². The van der Waals surface area contributed by atoms with Gasteiger partial charge in [0.2, 0.25) is 0 Å². The quantitative estimate of drug-likeness (QED) is 0.237. The van der Waals surface area contributed by atoms with Crippen LogP contribution in [0.3, 0.4) is 0 Å². The van der Waals surface area contributed by atoms with E-state index >= 15 is 0 Å². The number of carbonyl (C=O) groups is 2. The van der Waals surface area contributed by atoms with E-state index in [1.165, 1.54) is 24.2 Å². The molecule has 138 valence electrons. The van der Waals surface area contributed by atoms with E-state index in [9.17, 15) is 9.59 Å². The van der Waals surface area contributed by atoms with Crippen molar-refractivity contribution in [3.63, 3.8) is 0 Å². The third-order valence-corrected chi connectivity index (χ3v) is 4.28. The molecule has 2 amide bonds. The zero-order valence-electron chi connectivity index (χ0n) is 15.0. The maximum atomic E-state index is 12.5. The van der Waals surface area contributed by atoms with Crippen molar-refractivity contribution >= 4 is 35.2 Å². The van der Waals surface area contributed by atoms with Gasteiger partial charge in [-0.05, 0) is 42.4 Å². The maximum Gasteiger partial charge on any atom is 0.265 e. The van der Waals surface area contributed by atoms with E-state index < -0.39 is 11.8 Å². The van der Waals surface area contributed by atoms with Crippen molar-refractivity contribution < 1.29 is 14.3 Å². The minimum Gasteiger partial charge on any atom is -0.494 e. The van der Waals surface area contributed by atoms with Gasteiger partial charge in [0.1, 0.15) is 11.3 Å². The molecule has 5 nitrogen and oxygen atoms in total. The molecule has 1 saturated heterocycles. The van der Waals surface area contributed by atoms with Crippen LogP contribution in [0.4, 0.5) is 0 Å². The fourth-order valence-corrected chi connectivity index (χ4v) is 2.78. The highest BCUT2D eigenvalue weighted by Crippen LogP contribution is 2.18. The molecule has 1 fully saturated rings. The molecule has 26 heavy (non-hydrogen) atoms. The summed E-state index contributed by atoms with van der Waals surface area (Å²) in [5, 5.41) is 2.63. The Hall–Kier alpha value is -2.47. The van der Waals surface area contributed by atoms with Gasteiger partial charge in [-0.2, -0.15) is 0 Å². The predicted octanol–water partition coefficient (Wildman–Crippen LogP) is 3.46. The SMILES string of the molecule is C=CCN1C(=O)/C(=C/c2ccc(OCCCCCC)cc2)C(=O)NC1=S. The van der Waals surface area contributed by atoms with E-state index in [4.69, 9.17) is 17.0 Å². The average molecular weight is 372 g/mol. The van der Waals surface area contributed by atoms with Crippen molar-refractivity contribution in [2.45, 2.75) is 32.6 Å². The smallest absolute Gasteiger partial charge is 0.265 e. The predicted molar refractivity (Wildman–Crippen MR) is 107 cm³/mol. The summed E-state index contributed by atoms with van der Waals surface area (Å²) in [6, 6.07) is 7.31. The lowest BCUT2D eigenvalue weighted by atomic mass is 10.1. The first-order valence-corrected chi connectivity index (χ1v) is 9.20. The van der Waals surface area contributed by atoms with Crippen molar-refractivity contribution in [2.75, 3.05) is 13.2 Å². The van der Waals surface area contributed by atoms with Crippen LogP contribution in [0.15, 0.2) is 42.5 Å². The van der Waals surface area contributed by atoms with Gasteiger partial charge in [-0.25, -0.2) is 0 Å². The van der Waals surface area contributed by atoms with Crippen LogP contribution in [-0.2, 0) is 9.59 Å². The summed E-state index contributed by atoms with van der Waals surface area (Å²) < 4.78 is 5.70. The first-order valence-electron chi connectivity index (χ1n) is 8.79. The van der Waals surface area contributed by atoms with Gasteiger partial charge in [-0.3, -0.25) is 19.8 Å². The van der Waals surface area contributed by atoms with Gasteiger partial charge >= 0.3 is 0 Å². The molecular weight excluding hydrogens is 348 g/mol. The normalized spacial score (nSPS) is 16.0. The topological polar surface area (TPSA) is 58.6 Å². The molecule has 2 rings (SSSR count). The molecule has 1 N–H and O–H groups in total. The van der Waals surface area contributed by atoms with E-state index in [1.54, 1.807) is 12.2 Å². The molecule has 0 radical (unpaired) electrons. The van der Waals surface area contributed by atoms with Crippen LogP contribution in [0, 0.1) is 0 Å². The minimum atomic E-state index is -0.489. The Kier molecular flexibility index (Phi) is 7.53. The van der Waals surface area contributed by atoms with E-state index in [-0.39, 0.29) is 17.2 Å². The van der Waals surface area contributed by atoms with Gasteiger partial charge in [0.15, 0.2) is 5.11 Å². The van der Waals surface area contributed by atoms with Gasteiger partial charge in [0, 0.05) is 6.54 Å². The van der Waals surface area contributed by atoms with Crippen LogP contribution >= 0.6 is 12.2 Å². The lowest BCUT2D eigenvalue weighted by Crippen LogP contribution is -2.53. The molecule has 1 aliphatic rings. The Labute approximate surface area is 159 Å². The molecule has 1 aliphatic heterocycles. The lowest BCUT2D eigenvalue weighted by molar-refractivity contribution is -0.128. The van der Waals surface area contributed by atoms with Gasteiger partial charge in [0.25, 0.3) is 11.8 Å². The summed E-state index contributed by atoms with van der Waals surface area (Å²) in [5.41, 5.74) is 0.793. The Morgan fingerprint density at radius 2 is 1.92 bits per heavy atom. The van der Waals surface area contributed by atoms with Gasteiger partial charge in [-0.1, -0.05) is 44.4 Å². The van der Waals surface area contributed by atoms with Gasteiger partial charge in [0.05, 0.1) is 6.61 Å². The lowest BCUT2D eigenvalue weighted by Gasteiger charge is -2.27. The number of amides is 2. The molecule has 0 spiro atoms. The average Bonchev–Trinajstić information content (AvgIpc) is 2.63. The number of benzene rings is 1. The fourth-order valence-electron chi connectivity index (χ4n) is 2.53. The molecule has 0 bridgehead atoms. The zero-order chi connectivity index (χ0) is 18.9. The number of unbranched alkanes of at least 4 members (excludes halogenated alkanes) is 3. The third-order valence-electron chi connectivity index (χ3n) is 3.96. The molecule has 0 aromatic heterocycles. The molecule has 0 aliphatic carbocycles. The molecule has 1 aromatic rings. The molecule has 0 atom stereocenters. The third kappa shape index (κ3) is 5.26. The second kappa shape index (κ2) is 9.87. The highest BCUT2D eigenvalue weighted by atomic mass is 32.1. The largest absolute Gasteiger partial charge is 0.494 e. The highest BCUT2D eigenvalue weighted by molar-refractivity contribution is 7.80. The van der Waals surface area contributed by atoms with E-state index in [0.29, 0.717) is 6.61 Å². The second-order valence-corrected chi connectivity index (χ2v) is 6.39. The number of carbonyl (C=O) groups excluding carboxylic acids is 2. The highest BCUT2D eigenvalue weighted by Gasteiger charge is 2.32. The Balaban J connectivity index is 2.03. The summed E-state index contributed by atoms with van der Waals surface area (Å²) in [7, 11) is 0. The summed E-state index contributed by atoms with van der Waals surface area (Å²) in [6.45, 7) is 6.72. The van der Waals surface area contributed by atoms with Crippen LogP contribution < -0.4 is 10.1 Å². The summed E-state index contributed by atoms with van der Waals surface area (Å²) in [5.74, 6) is -0.135. The van der Waals surface area contributed by atoms with Crippen molar-refractivity contribution in [1.29, 1.82) is 0 Å². The Morgan fingerprint density at radius 3 is 2.58 bits per heavy atom. The minimum absolute atomic E-state index is 0.0497. The molecule has 6 heteroatoms. The summed E-state index contributed by atoms with van der Waals surface area (Å²) in [4.78, 5) is 25.9. The number of ether oxygens (including phenoxy) is 1. The number of nitrogens with zero attached hydrogens (tertiary/aromatic N) is 1. The van der Waals surface area contributed by atoms with Crippen LogP contribution in [0.25, 0.3) is 6.08 Å². The Bertz CT molecular complexity index is 710. The number of hydrogen-bond acceptors (Lipinski definition) is 4. The maximum absolute atomic E-state index is 12.5. The van der Waals surface area contributed by atoms with Crippen molar-refractivity contribution in [1.82, 2.24) is 10.2 Å². The van der Waals surface area contributed by atoms with E-state index in [1.807, 2.05) is 24.3 Å².